The molecule has 0 atom stereocenters. The molecule has 0 aliphatic carbocycles. The normalized spacial score (nSPS) is 11.1. The summed E-state index contributed by atoms with van der Waals surface area (Å²) in [6.07, 6.45) is 0.970. The number of para-hydroxylation sites is 1. The van der Waals surface area contributed by atoms with E-state index < -0.39 is 0 Å². The summed E-state index contributed by atoms with van der Waals surface area (Å²) in [6.45, 7) is 8.43. The second-order valence-corrected chi connectivity index (χ2v) is 6.94. The van der Waals surface area contributed by atoms with Crippen LogP contribution < -0.4 is 5.32 Å². The topological polar surface area (TPSA) is 42.2 Å². The zero-order valence-corrected chi connectivity index (χ0v) is 16.2. The number of hydrogen-bond acceptors (Lipinski definition) is 3. The van der Waals surface area contributed by atoms with Gasteiger partial charge in [0.1, 0.15) is 11.5 Å². The van der Waals surface area contributed by atoms with E-state index in [1.165, 1.54) is 11.1 Å². The quantitative estimate of drug-likeness (QED) is 0.515. The number of imidazole rings is 1. The summed E-state index contributed by atoms with van der Waals surface area (Å²) in [4.78, 5) is 9.54. The lowest BCUT2D eigenvalue weighted by Gasteiger charge is -2.16. The first-order chi connectivity index (χ1) is 13.1. The molecule has 0 saturated carbocycles. The summed E-state index contributed by atoms with van der Waals surface area (Å²) < 4.78 is 2.11. The molecule has 2 aromatic heterocycles. The number of aromatic nitrogens is 3. The molecule has 0 saturated heterocycles. The van der Waals surface area contributed by atoms with Gasteiger partial charge in [-0.3, -0.25) is 4.40 Å². The van der Waals surface area contributed by atoms with Crippen LogP contribution in [0.25, 0.3) is 17.0 Å². The Balaban J connectivity index is 1.99. The van der Waals surface area contributed by atoms with E-state index in [0.717, 1.165) is 46.3 Å². The number of benzene rings is 2. The Kier molecular flexibility index (Phi) is 4.40. The average molecular weight is 356 g/mol. The number of nitrogens with one attached hydrogen (secondary N) is 1. The van der Waals surface area contributed by atoms with Gasteiger partial charge in [-0.1, -0.05) is 55.5 Å². The summed E-state index contributed by atoms with van der Waals surface area (Å²) in [5, 5.41) is 3.70. The van der Waals surface area contributed by atoms with E-state index in [1.54, 1.807) is 0 Å². The van der Waals surface area contributed by atoms with Crippen LogP contribution in [-0.4, -0.2) is 14.4 Å². The van der Waals surface area contributed by atoms with Crippen LogP contribution in [0.4, 0.5) is 11.5 Å². The van der Waals surface area contributed by atoms with Crippen molar-refractivity contribution in [3.8, 4) is 11.3 Å². The maximum absolute atomic E-state index is 4.88. The highest BCUT2D eigenvalue weighted by molar-refractivity contribution is 5.80. The number of hydrogen-bond donors (Lipinski definition) is 1. The fraction of sp³-hybridized carbons (Fsp3) is 0.217. The Labute approximate surface area is 159 Å². The molecule has 4 rings (SSSR count). The molecule has 0 amide bonds. The van der Waals surface area contributed by atoms with Crippen molar-refractivity contribution >= 4 is 17.3 Å². The molecule has 4 nitrogen and oxygen atoms in total. The van der Waals surface area contributed by atoms with Crippen LogP contribution >= 0.6 is 0 Å². The molecule has 0 aliphatic rings. The third-order valence-corrected chi connectivity index (χ3v) is 4.94. The molecule has 0 unspecified atom stereocenters. The molecule has 0 fully saturated rings. The third kappa shape index (κ3) is 3.08. The Morgan fingerprint density at radius 2 is 1.70 bits per heavy atom. The molecule has 0 spiro atoms. The van der Waals surface area contributed by atoms with Crippen LogP contribution in [-0.2, 0) is 6.42 Å². The van der Waals surface area contributed by atoms with E-state index in [-0.39, 0.29) is 0 Å². The summed E-state index contributed by atoms with van der Waals surface area (Å²) in [7, 11) is 0. The van der Waals surface area contributed by atoms with Gasteiger partial charge in [0.25, 0.3) is 0 Å². The van der Waals surface area contributed by atoms with Crippen LogP contribution in [0.5, 0.6) is 0 Å². The Morgan fingerprint density at radius 3 is 2.44 bits per heavy atom. The van der Waals surface area contributed by atoms with Gasteiger partial charge < -0.3 is 5.32 Å². The summed E-state index contributed by atoms with van der Waals surface area (Å²) in [5.74, 6) is 1.69. The van der Waals surface area contributed by atoms with Gasteiger partial charge in [-0.15, -0.1) is 0 Å². The maximum atomic E-state index is 4.88. The smallest absolute Gasteiger partial charge is 0.236 e. The molecular formula is C23H24N4. The number of aryl methyl sites for hydroxylation is 4. The fourth-order valence-corrected chi connectivity index (χ4v) is 3.61. The van der Waals surface area contributed by atoms with Gasteiger partial charge in [0, 0.05) is 22.6 Å². The fourth-order valence-electron chi connectivity index (χ4n) is 3.61. The molecule has 4 heteroatoms. The van der Waals surface area contributed by atoms with Gasteiger partial charge in [-0.25, -0.2) is 9.97 Å². The SMILES string of the molecule is CCc1cccc(C)c1Nc1c(-c2ccccc2)nc2nc(C)cc(C)n12. The van der Waals surface area contributed by atoms with Crippen molar-refractivity contribution in [1.29, 1.82) is 0 Å². The van der Waals surface area contributed by atoms with Gasteiger partial charge >= 0.3 is 0 Å². The summed E-state index contributed by atoms with van der Waals surface area (Å²) in [5.41, 5.74) is 7.75. The van der Waals surface area contributed by atoms with Gasteiger partial charge in [-0.2, -0.15) is 0 Å². The van der Waals surface area contributed by atoms with Gasteiger partial charge in [0.2, 0.25) is 5.78 Å². The van der Waals surface area contributed by atoms with Crippen molar-refractivity contribution in [1.82, 2.24) is 14.4 Å². The molecule has 0 aliphatic heterocycles. The van der Waals surface area contributed by atoms with Gasteiger partial charge in [-0.05, 0) is 44.4 Å². The Bertz CT molecular complexity index is 1110. The minimum absolute atomic E-state index is 0.723. The average Bonchev–Trinajstić information content (AvgIpc) is 3.02. The van der Waals surface area contributed by atoms with E-state index in [9.17, 15) is 0 Å². The molecule has 1 N–H and O–H groups in total. The van der Waals surface area contributed by atoms with Crippen LogP contribution in [0.3, 0.4) is 0 Å². The predicted molar refractivity (Wildman–Crippen MR) is 112 cm³/mol. The second-order valence-electron chi connectivity index (χ2n) is 6.94. The van der Waals surface area contributed by atoms with E-state index in [4.69, 9.17) is 4.98 Å². The molecule has 2 heterocycles. The van der Waals surface area contributed by atoms with E-state index in [1.807, 2.05) is 25.1 Å². The second kappa shape index (κ2) is 6.88. The lowest BCUT2D eigenvalue weighted by atomic mass is 10.1. The molecule has 136 valence electrons. The van der Waals surface area contributed by atoms with Crippen molar-refractivity contribution in [3.05, 3.63) is 77.1 Å². The lowest BCUT2D eigenvalue weighted by molar-refractivity contribution is 1.01. The first-order valence-corrected chi connectivity index (χ1v) is 9.36. The van der Waals surface area contributed by atoms with Crippen LogP contribution in [0.2, 0.25) is 0 Å². The van der Waals surface area contributed by atoms with E-state index >= 15 is 0 Å². The highest BCUT2D eigenvalue weighted by atomic mass is 15.2. The monoisotopic (exact) mass is 356 g/mol. The highest BCUT2D eigenvalue weighted by Crippen LogP contribution is 2.34. The highest BCUT2D eigenvalue weighted by Gasteiger charge is 2.18. The molecule has 0 radical (unpaired) electrons. The first-order valence-electron chi connectivity index (χ1n) is 9.36. The van der Waals surface area contributed by atoms with Crippen molar-refractivity contribution in [3.63, 3.8) is 0 Å². The van der Waals surface area contributed by atoms with Crippen LogP contribution in [0.1, 0.15) is 29.4 Å². The van der Waals surface area contributed by atoms with Crippen LogP contribution in [0.15, 0.2) is 54.6 Å². The minimum atomic E-state index is 0.723. The van der Waals surface area contributed by atoms with E-state index in [0.29, 0.717) is 0 Å². The van der Waals surface area contributed by atoms with Crippen molar-refractivity contribution in [2.75, 3.05) is 5.32 Å². The lowest BCUT2D eigenvalue weighted by Crippen LogP contribution is -2.04. The number of fused-ring (bicyclic) bond motifs is 1. The number of nitrogens with zero attached hydrogens (tertiary/aromatic N) is 3. The zero-order valence-electron chi connectivity index (χ0n) is 16.2. The molecule has 0 bridgehead atoms. The predicted octanol–water partition coefficient (Wildman–Crippen LogP) is 5.63. The zero-order chi connectivity index (χ0) is 19.0. The van der Waals surface area contributed by atoms with E-state index in [2.05, 4.69) is 71.9 Å². The Hall–Kier alpha value is -3.14. The largest absolute Gasteiger partial charge is 0.339 e. The summed E-state index contributed by atoms with van der Waals surface area (Å²) in [6, 6.07) is 18.8. The maximum Gasteiger partial charge on any atom is 0.236 e. The third-order valence-electron chi connectivity index (χ3n) is 4.94. The minimum Gasteiger partial charge on any atom is -0.339 e. The summed E-state index contributed by atoms with van der Waals surface area (Å²) >= 11 is 0. The van der Waals surface area contributed by atoms with Crippen LogP contribution in [0, 0.1) is 20.8 Å². The van der Waals surface area contributed by atoms with Crippen molar-refractivity contribution < 1.29 is 0 Å². The first kappa shape index (κ1) is 17.3. The number of rotatable bonds is 4. The molecule has 4 aromatic rings. The molecule has 27 heavy (non-hydrogen) atoms. The van der Waals surface area contributed by atoms with Crippen molar-refractivity contribution in [2.24, 2.45) is 0 Å². The van der Waals surface area contributed by atoms with Crippen molar-refractivity contribution in [2.45, 2.75) is 34.1 Å². The molecular weight excluding hydrogens is 332 g/mol. The van der Waals surface area contributed by atoms with Gasteiger partial charge in [0.15, 0.2) is 0 Å². The molecule has 2 aromatic carbocycles. The number of anilines is 2. The Morgan fingerprint density at radius 1 is 0.926 bits per heavy atom. The van der Waals surface area contributed by atoms with Gasteiger partial charge in [0.05, 0.1) is 0 Å². The standard InChI is InChI=1S/C23H24N4/c1-5-18-13-9-10-15(2)20(18)25-22-21(19-11-7-6-8-12-19)26-23-24-16(3)14-17(4)27(22)23/h6-14,25H,5H2,1-4H3.